The van der Waals surface area contributed by atoms with Crippen molar-refractivity contribution in [2.24, 2.45) is 0 Å². The first kappa shape index (κ1) is 27.5. The Kier molecular flexibility index (Phi) is 6.18. The van der Waals surface area contributed by atoms with Crippen LogP contribution in [0.15, 0.2) is 188 Å². The Bertz CT molecular complexity index is 2760. The van der Waals surface area contributed by atoms with Gasteiger partial charge < -0.3 is 14.0 Å². The molecule has 10 rings (SSSR count). The van der Waals surface area contributed by atoms with Gasteiger partial charge in [0.1, 0.15) is 0 Å². The summed E-state index contributed by atoms with van der Waals surface area (Å²) < 4.78 is 4.82. The molecule has 8 aromatic carbocycles. The van der Waals surface area contributed by atoms with E-state index < -0.39 is 0 Å². The average molecular weight is 626 g/mol. The highest BCUT2D eigenvalue weighted by atomic mass is 15.1. The van der Waals surface area contributed by atoms with Crippen molar-refractivity contribution in [1.29, 1.82) is 0 Å². The maximum Gasteiger partial charge on any atom is 0.0547 e. The molecule has 0 saturated carbocycles. The summed E-state index contributed by atoms with van der Waals surface area (Å²) >= 11 is 0. The molecule has 10 aromatic rings. The van der Waals surface area contributed by atoms with Crippen molar-refractivity contribution in [2.75, 3.05) is 4.90 Å². The van der Waals surface area contributed by atoms with Crippen LogP contribution in [-0.4, -0.2) is 9.13 Å². The summed E-state index contributed by atoms with van der Waals surface area (Å²) in [7, 11) is 0. The Labute approximate surface area is 284 Å². The maximum absolute atomic E-state index is 2.44. The largest absolute Gasteiger partial charge is 0.310 e. The lowest BCUT2D eigenvalue weighted by Gasteiger charge is -2.25. The van der Waals surface area contributed by atoms with E-state index in [2.05, 4.69) is 202 Å². The van der Waals surface area contributed by atoms with Crippen LogP contribution in [0.4, 0.5) is 17.1 Å². The van der Waals surface area contributed by atoms with Gasteiger partial charge in [-0.25, -0.2) is 0 Å². The van der Waals surface area contributed by atoms with Gasteiger partial charge in [0.25, 0.3) is 0 Å². The van der Waals surface area contributed by atoms with Crippen molar-refractivity contribution >= 4 is 71.4 Å². The molecule has 0 bridgehead atoms. The number of para-hydroxylation sites is 5. The van der Waals surface area contributed by atoms with Crippen LogP contribution in [0.1, 0.15) is 0 Å². The number of hydrogen-bond acceptors (Lipinski definition) is 1. The van der Waals surface area contributed by atoms with Crippen LogP contribution in [0.25, 0.3) is 65.8 Å². The van der Waals surface area contributed by atoms with Crippen LogP contribution in [0.3, 0.4) is 0 Å². The minimum atomic E-state index is 1.12. The molecule has 0 spiro atoms. The molecule has 230 valence electrons. The van der Waals surface area contributed by atoms with E-state index in [0.717, 1.165) is 22.7 Å². The van der Waals surface area contributed by atoms with Gasteiger partial charge in [-0.1, -0.05) is 97.1 Å². The summed E-state index contributed by atoms with van der Waals surface area (Å²) in [4.78, 5) is 2.35. The van der Waals surface area contributed by atoms with Crippen molar-refractivity contribution in [2.45, 2.75) is 0 Å². The van der Waals surface area contributed by atoms with Crippen molar-refractivity contribution in [1.82, 2.24) is 9.13 Å². The van der Waals surface area contributed by atoms with E-state index in [0.29, 0.717) is 0 Å². The fourth-order valence-corrected chi connectivity index (χ4v) is 7.74. The van der Waals surface area contributed by atoms with Crippen LogP contribution in [0, 0.1) is 0 Å². The van der Waals surface area contributed by atoms with Crippen LogP contribution in [0.5, 0.6) is 0 Å². The van der Waals surface area contributed by atoms with Gasteiger partial charge in [-0.2, -0.15) is 0 Å². The monoisotopic (exact) mass is 625 g/mol. The minimum absolute atomic E-state index is 1.12. The molecule has 0 N–H and O–H groups in total. The molecule has 0 saturated heterocycles. The Morgan fingerprint density at radius 3 is 1.47 bits per heavy atom. The fraction of sp³-hybridized carbons (Fsp3) is 0. The van der Waals surface area contributed by atoms with Crippen molar-refractivity contribution < 1.29 is 0 Å². The van der Waals surface area contributed by atoms with Crippen molar-refractivity contribution in [3.8, 4) is 11.4 Å². The molecule has 0 fully saturated rings. The van der Waals surface area contributed by atoms with Gasteiger partial charge in [-0.05, 0) is 102 Å². The lowest BCUT2D eigenvalue weighted by molar-refractivity contribution is 1.18. The average Bonchev–Trinajstić information content (AvgIpc) is 3.68. The van der Waals surface area contributed by atoms with E-state index >= 15 is 0 Å². The lowest BCUT2D eigenvalue weighted by atomic mass is 10.0. The Morgan fingerprint density at radius 1 is 0.306 bits per heavy atom. The lowest BCUT2D eigenvalue weighted by Crippen LogP contribution is -2.09. The predicted octanol–water partition coefficient (Wildman–Crippen LogP) is 12.5. The molecule has 0 aliphatic heterocycles. The molecule has 2 heterocycles. The molecule has 2 aromatic heterocycles. The number of hydrogen-bond donors (Lipinski definition) is 0. The van der Waals surface area contributed by atoms with Gasteiger partial charge in [-0.15, -0.1) is 0 Å². The van der Waals surface area contributed by atoms with Gasteiger partial charge >= 0.3 is 0 Å². The number of benzene rings is 8. The van der Waals surface area contributed by atoms with E-state index in [4.69, 9.17) is 0 Å². The summed E-state index contributed by atoms with van der Waals surface area (Å²) in [6.45, 7) is 0. The predicted molar refractivity (Wildman–Crippen MR) is 207 cm³/mol. The maximum atomic E-state index is 2.44. The van der Waals surface area contributed by atoms with Gasteiger partial charge in [0.2, 0.25) is 0 Å². The van der Waals surface area contributed by atoms with Gasteiger partial charge in [0, 0.05) is 50.0 Å². The zero-order valence-electron chi connectivity index (χ0n) is 26.7. The van der Waals surface area contributed by atoms with Crippen molar-refractivity contribution in [3.05, 3.63) is 188 Å². The third-order valence-corrected chi connectivity index (χ3v) is 9.84. The zero-order valence-corrected chi connectivity index (χ0v) is 26.7. The quantitative estimate of drug-likeness (QED) is 0.185. The van der Waals surface area contributed by atoms with E-state index in [1.807, 2.05) is 0 Å². The molecule has 3 nitrogen and oxygen atoms in total. The highest BCUT2D eigenvalue weighted by Crippen LogP contribution is 2.43. The molecule has 0 atom stereocenters. The molecular formula is C46H31N3. The highest BCUT2D eigenvalue weighted by Gasteiger charge is 2.20. The third-order valence-electron chi connectivity index (χ3n) is 9.84. The molecule has 49 heavy (non-hydrogen) atoms. The van der Waals surface area contributed by atoms with E-state index in [9.17, 15) is 0 Å². The number of nitrogens with zero attached hydrogens (tertiary/aromatic N) is 3. The second-order valence-electron chi connectivity index (χ2n) is 12.6. The topological polar surface area (TPSA) is 13.1 Å². The normalized spacial score (nSPS) is 11.7. The Balaban J connectivity index is 1.31. The summed E-state index contributed by atoms with van der Waals surface area (Å²) in [6, 6.07) is 67.8. The Morgan fingerprint density at radius 2 is 0.816 bits per heavy atom. The zero-order chi connectivity index (χ0) is 32.3. The third kappa shape index (κ3) is 4.29. The standard InChI is InChI=1S/C46H31N3/c1-5-15-33(16-6-1)47(34-17-7-2-8-18-34)37-26-28-43-40(30-37)41-31-39-32(29-45(41)49(43)36-21-11-4-12-22-36)25-27-44-46(39)38-23-13-14-24-42(38)48(44)35-19-9-3-10-20-35/h1-31H. The second kappa shape index (κ2) is 11.0. The summed E-state index contributed by atoms with van der Waals surface area (Å²) in [5.74, 6) is 0. The summed E-state index contributed by atoms with van der Waals surface area (Å²) in [5, 5.41) is 7.49. The number of aromatic nitrogens is 2. The molecule has 0 unspecified atom stereocenters. The minimum Gasteiger partial charge on any atom is -0.310 e. The smallest absolute Gasteiger partial charge is 0.0547 e. The van der Waals surface area contributed by atoms with Crippen molar-refractivity contribution in [3.63, 3.8) is 0 Å². The van der Waals surface area contributed by atoms with Crippen LogP contribution in [-0.2, 0) is 0 Å². The molecule has 0 radical (unpaired) electrons. The SMILES string of the molecule is c1ccc(N(c2ccccc2)c2ccc3c(c2)c2cc4c(ccc5c4c4ccccc4n5-c4ccccc4)cc2n3-c2ccccc2)cc1. The first-order valence-electron chi connectivity index (χ1n) is 16.8. The molecular weight excluding hydrogens is 595 g/mol. The number of fused-ring (bicyclic) bond motifs is 8. The van der Waals surface area contributed by atoms with E-state index in [1.54, 1.807) is 0 Å². The summed E-state index contributed by atoms with van der Waals surface area (Å²) in [5.41, 5.74) is 10.5. The fourth-order valence-electron chi connectivity index (χ4n) is 7.74. The molecule has 3 heteroatoms. The van der Waals surface area contributed by atoms with Gasteiger partial charge in [0.15, 0.2) is 0 Å². The summed E-state index contributed by atoms with van der Waals surface area (Å²) in [6.07, 6.45) is 0. The molecule has 0 aliphatic carbocycles. The van der Waals surface area contributed by atoms with Gasteiger partial charge in [-0.3, -0.25) is 0 Å². The molecule has 0 amide bonds. The molecule has 0 aliphatic rings. The second-order valence-corrected chi connectivity index (χ2v) is 12.6. The van der Waals surface area contributed by atoms with Crippen LogP contribution < -0.4 is 4.90 Å². The van der Waals surface area contributed by atoms with Gasteiger partial charge in [0.05, 0.1) is 22.1 Å². The van der Waals surface area contributed by atoms with Crippen LogP contribution in [0.2, 0.25) is 0 Å². The van der Waals surface area contributed by atoms with E-state index in [1.165, 1.54) is 60.1 Å². The highest BCUT2D eigenvalue weighted by molar-refractivity contribution is 6.25. The van der Waals surface area contributed by atoms with E-state index in [-0.39, 0.29) is 0 Å². The Hall–Kier alpha value is -6.58. The number of rotatable bonds is 5. The number of anilines is 3. The van der Waals surface area contributed by atoms with Crippen LogP contribution >= 0.6 is 0 Å². The first-order chi connectivity index (χ1) is 24.3. The first-order valence-corrected chi connectivity index (χ1v) is 16.8.